The molecule has 0 aliphatic carbocycles. The van der Waals surface area contributed by atoms with E-state index in [1.165, 1.54) is 36.4 Å². The first-order valence-corrected chi connectivity index (χ1v) is 7.42. The summed E-state index contributed by atoms with van der Waals surface area (Å²) in [5, 5.41) is 13.2. The third-order valence-corrected chi connectivity index (χ3v) is 3.53. The van der Waals surface area contributed by atoms with Gasteiger partial charge in [0.05, 0.1) is 16.9 Å². The summed E-state index contributed by atoms with van der Waals surface area (Å²) in [6.07, 6.45) is -3.88. The van der Waals surface area contributed by atoms with E-state index in [0.717, 1.165) is 12.1 Å². The Morgan fingerprint density at radius 3 is 2.08 bits per heavy atom. The zero-order chi connectivity index (χ0) is 18.4. The summed E-state index contributed by atoms with van der Waals surface area (Å²) < 4.78 is 37.4. The molecule has 1 amide bonds. The van der Waals surface area contributed by atoms with Crippen LogP contribution >= 0.6 is 0 Å². The van der Waals surface area contributed by atoms with Crippen LogP contribution in [0.3, 0.4) is 0 Å². The molecule has 0 aliphatic heterocycles. The van der Waals surface area contributed by atoms with Crippen LogP contribution in [0.2, 0.25) is 0 Å². The van der Waals surface area contributed by atoms with Crippen LogP contribution in [0, 0.1) is 10.1 Å². The smallest absolute Gasteiger partial charge is 0.355 e. The van der Waals surface area contributed by atoms with Gasteiger partial charge < -0.3 is 5.32 Å². The molecule has 0 unspecified atom stereocenters. The molecule has 2 aromatic rings. The molecule has 0 saturated heterocycles. The molecule has 0 atom stereocenters. The Kier molecular flexibility index (Phi) is 5.74. The lowest BCUT2D eigenvalue weighted by molar-refractivity contribution is -0.384. The number of hydrogen-bond acceptors (Lipinski definition) is 3. The summed E-state index contributed by atoms with van der Waals surface area (Å²) in [6, 6.07) is 10.4. The number of nitro benzene ring substituents is 1. The molecule has 0 radical (unpaired) electrons. The Labute approximate surface area is 141 Å². The van der Waals surface area contributed by atoms with Crippen molar-refractivity contribution in [2.24, 2.45) is 0 Å². The van der Waals surface area contributed by atoms with Crippen LogP contribution in [0.4, 0.5) is 18.9 Å². The maximum absolute atomic E-state index is 12.5. The lowest BCUT2D eigenvalue weighted by Gasteiger charge is -2.08. The number of hydrogen-bond donors (Lipinski definition) is 1. The second kappa shape index (κ2) is 7.78. The Bertz CT molecular complexity index is 741. The van der Waals surface area contributed by atoms with E-state index in [-0.39, 0.29) is 24.6 Å². The van der Waals surface area contributed by atoms with Crippen molar-refractivity contribution in [1.29, 1.82) is 0 Å². The minimum Gasteiger partial charge on any atom is -0.355 e. The molecular formula is C17H15F3N2O3. The summed E-state index contributed by atoms with van der Waals surface area (Å²) in [5.41, 5.74) is 0.561. The highest BCUT2D eigenvalue weighted by atomic mass is 19.4. The SMILES string of the molecule is O=C(Cc1ccc([N+](=O)[O-])cc1)NCCc1ccc(C(F)(F)F)cc1. The first kappa shape index (κ1) is 18.4. The van der Waals surface area contributed by atoms with E-state index < -0.39 is 16.7 Å². The molecule has 0 fully saturated rings. The molecule has 25 heavy (non-hydrogen) atoms. The van der Waals surface area contributed by atoms with Gasteiger partial charge in [0.25, 0.3) is 5.69 Å². The molecule has 1 N–H and O–H groups in total. The zero-order valence-electron chi connectivity index (χ0n) is 13.0. The first-order valence-electron chi connectivity index (χ1n) is 7.42. The molecule has 8 heteroatoms. The van der Waals surface area contributed by atoms with Gasteiger partial charge in [-0.25, -0.2) is 0 Å². The molecule has 5 nitrogen and oxygen atoms in total. The predicted molar refractivity (Wildman–Crippen MR) is 85.0 cm³/mol. The fraction of sp³-hybridized carbons (Fsp3) is 0.235. The number of nitrogens with zero attached hydrogens (tertiary/aromatic N) is 1. The number of alkyl halides is 3. The predicted octanol–water partition coefficient (Wildman–Crippen LogP) is 3.52. The average molecular weight is 352 g/mol. The van der Waals surface area contributed by atoms with Crippen molar-refractivity contribution < 1.29 is 22.9 Å². The number of nitro groups is 1. The molecule has 132 valence electrons. The molecule has 2 aromatic carbocycles. The quantitative estimate of drug-likeness (QED) is 0.639. The van der Waals surface area contributed by atoms with Gasteiger partial charge in [-0.05, 0) is 29.7 Å². The van der Waals surface area contributed by atoms with Gasteiger partial charge in [0, 0.05) is 18.7 Å². The molecule has 0 bridgehead atoms. The summed E-state index contributed by atoms with van der Waals surface area (Å²) in [4.78, 5) is 21.8. The molecule has 0 saturated carbocycles. The van der Waals surface area contributed by atoms with E-state index in [2.05, 4.69) is 5.32 Å². The van der Waals surface area contributed by atoms with E-state index in [1.807, 2.05) is 0 Å². The number of halogens is 3. The topological polar surface area (TPSA) is 72.2 Å². The minimum absolute atomic E-state index is 0.0496. The highest BCUT2D eigenvalue weighted by Gasteiger charge is 2.29. The van der Waals surface area contributed by atoms with Crippen molar-refractivity contribution in [3.63, 3.8) is 0 Å². The highest BCUT2D eigenvalue weighted by Crippen LogP contribution is 2.29. The summed E-state index contributed by atoms with van der Waals surface area (Å²) in [5.74, 6) is -0.263. The van der Waals surface area contributed by atoms with E-state index in [4.69, 9.17) is 0 Å². The fourth-order valence-electron chi connectivity index (χ4n) is 2.19. The Balaban J connectivity index is 1.79. The van der Waals surface area contributed by atoms with Gasteiger partial charge in [0.15, 0.2) is 0 Å². The van der Waals surface area contributed by atoms with E-state index >= 15 is 0 Å². The zero-order valence-corrected chi connectivity index (χ0v) is 13.0. The Morgan fingerprint density at radius 1 is 1.00 bits per heavy atom. The van der Waals surface area contributed by atoms with Crippen LogP contribution in [-0.2, 0) is 23.8 Å². The average Bonchev–Trinajstić information content (AvgIpc) is 2.55. The van der Waals surface area contributed by atoms with Crippen molar-refractivity contribution in [3.8, 4) is 0 Å². The summed E-state index contributed by atoms with van der Waals surface area (Å²) >= 11 is 0. The first-order chi connectivity index (χ1) is 11.8. The number of rotatable bonds is 6. The van der Waals surface area contributed by atoms with Gasteiger partial charge in [-0.1, -0.05) is 24.3 Å². The molecule has 0 spiro atoms. The summed E-state index contributed by atoms with van der Waals surface area (Å²) in [7, 11) is 0. The van der Waals surface area contributed by atoms with Crippen molar-refractivity contribution in [2.75, 3.05) is 6.54 Å². The maximum Gasteiger partial charge on any atom is 0.416 e. The van der Waals surface area contributed by atoms with Gasteiger partial charge in [-0.2, -0.15) is 13.2 Å². The maximum atomic E-state index is 12.5. The van der Waals surface area contributed by atoms with E-state index in [1.54, 1.807) is 0 Å². The number of nitrogens with one attached hydrogen (secondary N) is 1. The van der Waals surface area contributed by atoms with E-state index in [0.29, 0.717) is 17.5 Å². The number of amides is 1. The van der Waals surface area contributed by atoms with Crippen LogP contribution in [-0.4, -0.2) is 17.4 Å². The van der Waals surface area contributed by atoms with Crippen LogP contribution in [0.1, 0.15) is 16.7 Å². The minimum atomic E-state index is -4.36. The number of non-ortho nitro benzene ring substituents is 1. The monoisotopic (exact) mass is 352 g/mol. The third kappa shape index (κ3) is 5.59. The molecule has 0 heterocycles. The normalized spacial score (nSPS) is 11.2. The second-order valence-corrected chi connectivity index (χ2v) is 5.39. The Hall–Kier alpha value is -2.90. The van der Waals surface area contributed by atoms with Gasteiger partial charge in [0.1, 0.15) is 0 Å². The third-order valence-electron chi connectivity index (χ3n) is 3.53. The molecule has 2 rings (SSSR count). The summed E-state index contributed by atoms with van der Waals surface area (Å²) in [6.45, 7) is 0.289. The largest absolute Gasteiger partial charge is 0.416 e. The van der Waals surface area contributed by atoms with E-state index in [9.17, 15) is 28.1 Å². The van der Waals surface area contributed by atoms with Gasteiger partial charge >= 0.3 is 6.18 Å². The second-order valence-electron chi connectivity index (χ2n) is 5.39. The van der Waals surface area contributed by atoms with Crippen molar-refractivity contribution in [1.82, 2.24) is 5.32 Å². The van der Waals surface area contributed by atoms with Crippen molar-refractivity contribution >= 4 is 11.6 Å². The van der Waals surface area contributed by atoms with Gasteiger partial charge in [0.2, 0.25) is 5.91 Å². The molecule has 0 aliphatic rings. The fourth-order valence-corrected chi connectivity index (χ4v) is 2.19. The van der Waals surface area contributed by atoms with Crippen LogP contribution in [0.15, 0.2) is 48.5 Å². The van der Waals surface area contributed by atoms with Crippen LogP contribution < -0.4 is 5.32 Å². The standard InChI is InChI=1S/C17H15F3N2O3/c18-17(19,20)14-5-1-12(2-6-14)9-10-21-16(23)11-13-3-7-15(8-4-13)22(24)25/h1-8H,9-11H2,(H,21,23). The molecule has 0 aromatic heterocycles. The lowest BCUT2D eigenvalue weighted by Crippen LogP contribution is -2.27. The van der Waals surface area contributed by atoms with Gasteiger partial charge in [-0.15, -0.1) is 0 Å². The number of carbonyl (C=O) groups is 1. The van der Waals surface area contributed by atoms with Crippen LogP contribution in [0.5, 0.6) is 0 Å². The number of benzene rings is 2. The highest BCUT2D eigenvalue weighted by molar-refractivity contribution is 5.78. The van der Waals surface area contributed by atoms with Gasteiger partial charge in [-0.3, -0.25) is 14.9 Å². The van der Waals surface area contributed by atoms with Crippen molar-refractivity contribution in [3.05, 3.63) is 75.3 Å². The Morgan fingerprint density at radius 2 is 1.56 bits per heavy atom. The lowest BCUT2D eigenvalue weighted by atomic mass is 10.1. The van der Waals surface area contributed by atoms with Crippen LogP contribution in [0.25, 0.3) is 0 Å². The molecular weight excluding hydrogens is 337 g/mol. The number of carbonyl (C=O) groups excluding carboxylic acids is 1. The van der Waals surface area contributed by atoms with Crippen molar-refractivity contribution in [2.45, 2.75) is 19.0 Å².